The highest BCUT2D eigenvalue weighted by Crippen LogP contribution is 2.36. The molecule has 3 rings (SSSR count). The molecule has 21 heavy (non-hydrogen) atoms. The van der Waals surface area contributed by atoms with Gasteiger partial charge in [-0.05, 0) is 33.3 Å². The van der Waals surface area contributed by atoms with Gasteiger partial charge in [-0.15, -0.1) is 0 Å². The maximum absolute atomic E-state index is 6.15. The van der Waals surface area contributed by atoms with Crippen molar-refractivity contribution >= 4 is 12.6 Å². The number of hydrogen-bond acceptors (Lipinski definition) is 4. The van der Waals surface area contributed by atoms with Crippen molar-refractivity contribution in [1.82, 2.24) is 9.88 Å². The van der Waals surface area contributed by atoms with E-state index in [0.29, 0.717) is 0 Å². The van der Waals surface area contributed by atoms with Crippen molar-refractivity contribution in [3.8, 4) is 0 Å². The SMILES string of the molecule is CC1(C)OB(c2c[nH]cc2CN2CCOCC2)OC1(C)C. The minimum Gasteiger partial charge on any atom is -0.399 e. The zero-order chi connectivity index (χ0) is 15.1. The smallest absolute Gasteiger partial charge is 0.399 e. The summed E-state index contributed by atoms with van der Waals surface area (Å²) >= 11 is 0. The van der Waals surface area contributed by atoms with Gasteiger partial charge in [0.25, 0.3) is 0 Å². The second kappa shape index (κ2) is 5.43. The van der Waals surface area contributed by atoms with Crippen LogP contribution in [-0.2, 0) is 20.6 Å². The van der Waals surface area contributed by atoms with Gasteiger partial charge in [0.15, 0.2) is 0 Å². The number of hydrogen-bond donors (Lipinski definition) is 1. The topological polar surface area (TPSA) is 46.7 Å². The molecule has 0 unspecified atom stereocenters. The van der Waals surface area contributed by atoms with Crippen molar-refractivity contribution in [2.75, 3.05) is 26.3 Å². The second-order valence-electron chi connectivity index (χ2n) is 6.91. The normalized spacial score (nSPS) is 25.4. The first-order valence-electron chi connectivity index (χ1n) is 7.70. The summed E-state index contributed by atoms with van der Waals surface area (Å²) in [6.45, 7) is 12.8. The maximum Gasteiger partial charge on any atom is 0.496 e. The molecule has 0 saturated carbocycles. The third kappa shape index (κ3) is 2.90. The van der Waals surface area contributed by atoms with Gasteiger partial charge in [0.2, 0.25) is 0 Å². The Kier molecular flexibility index (Phi) is 3.90. The lowest BCUT2D eigenvalue weighted by atomic mass is 9.78. The molecule has 0 atom stereocenters. The van der Waals surface area contributed by atoms with E-state index in [9.17, 15) is 0 Å². The fraction of sp³-hybridized carbons (Fsp3) is 0.733. The third-order valence-electron chi connectivity index (χ3n) is 4.87. The largest absolute Gasteiger partial charge is 0.496 e. The van der Waals surface area contributed by atoms with Crippen molar-refractivity contribution in [3.05, 3.63) is 18.0 Å². The Morgan fingerprint density at radius 3 is 2.33 bits per heavy atom. The third-order valence-corrected chi connectivity index (χ3v) is 4.87. The Labute approximate surface area is 127 Å². The van der Waals surface area contributed by atoms with E-state index < -0.39 is 0 Å². The molecule has 0 spiro atoms. The summed E-state index contributed by atoms with van der Waals surface area (Å²) in [6.07, 6.45) is 4.05. The Balaban J connectivity index is 1.74. The molecule has 2 fully saturated rings. The van der Waals surface area contributed by atoms with Gasteiger partial charge in [-0.1, -0.05) is 0 Å². The van der Waals surface area contributed by atoms with Crippen molar-refractivity contribution in [2.24, 2.45) is 0 Å². The highest BCUT2D eigenvalue weighted by Gasteiger charge is 2.52. The van der Waals surface area contributed by atoms with Gasteiger partial charge in [0.05, 0.1) is 24.4 Å². The van der Waals surface area contributed by atoms with Crippen molar-refractivity contribution in [3.63, 3.8) is 0 Å². The van der Waals surface area contributed by atoms with E-state index in [0.717, 1.165) is 38.3 Å². The average molecular weight is 292 g/mol. The van der Waals surface area contributed by atoms with Gasteiger partial charge in [-0.25, -0.2) is 0 Å². The second-order valence-corrected chi connectivity index (χ2v) is 6.91. The lowest BCUT2D eigenvalue weighted by molar-refractivity contribution is 0.00578. The molecule has 6 heteroatoms. The first-order chi connectivity index (χ1) is 9.89. The minimum absolute atomic E-state index is 0.294. The number of H-pyrrole nitrogens is 1. The van der Waals surface area contributed by atoms with E-state index in [1.165, 1.54) is 5.56 Å². The summed E-state index contributed by atoms with van der Waals surface area (Å²) in [7, 11) is -0.294. The summed E-state index contributed by atoms with van der Waals surface area (Å²) in [5.41, 5.74) is 1.76. The van der Waals surface area contributed by atoms with Crippen molar-refractivity contribution in [2.45, 2.75) is 45.4 Å². The lowest BCUT2D eigenvalue weighted by Gasteiger charge is -2.32. The lowest BCUT2D eigenvalue weighted by Crippen LogP contribution is -2.41. The monoisotopic (exact) mass is 292 g/mol. The fourth-order valence-electron chi connectivity index (χ4n) is 2.73. The van der Waals surface area contributed by atoms with Gasteiger partial charge in [-0.2, -0.15) is 0 Å². The van der Waals surface area contributed by atoms with Crippen LogP contribution in [0.15, 0.2) is 12.4 Å². The molecule has 0 bridgehead atoms. The van der Waals surface area contributed by atoms with E-state index >= 15 is 0 Å². The molecule has 0 aromatic carbocycles. The molecule has 3 heterocycles. The standard InChI is InChI=1S/C15H25BN2O3/c1-14(2)15(3,4)21-16(20-14)13-10-17-9-12(13)11-18-5-7-19-8-6-18/h9-10,17H,5-8,11H2,1-4H3. The summed E-state index contributed by atoms with van der Waals surface area (Å²) in [6, 6.07) is 0. The van der Waals surface area contributed by atoms with E-state index in [2.05, 4.69) is 43.8 Å². The first kappa shape index (κ1) is 15.1. The van der Waals surface area contributed by atoms with Crippen LogP contribution >= 0.6 is 0 Å². The Hall–Kier alpha value is -0.815. The van der Waals surface area contributed by atoms with Crippen LogP contribution in [0.5, 0.6) is 0 Å². The van der Waals surface area contributed by atoms with Crippen LogP contribution in [0.1, 0.15) is 33.3 Å². The molecule has 0 aliphatic carbocycles. The Morgan fingerprint density at radius 2 is 1.71 bits per heavy atom. The number of ether oxygens (including phenoxy) is 1. The maximum atomic E-state index is 6.15. The number of morpholine rings is 1. The van der Waals surface area contributed by atoms with Gasteiger partial charge in [-0.3, -0.25) is 4.90 Å². The fourth-order valence-corrected chi connectivity index (χ4v) is 2.73. The summed E-state index contributed by atoms with van der Waals surface area (Å²) in [5, 5.41) is 0. The van der Waals surface area contributed by atoms with Crippen molar-refractivity contribution in [1.29, 1.82) is 0 Å². The highest BCUT2D eigenvalue weighted by molar-refractivity contribution is 6.62. The van der Waals surface area contributed by atoms with Gasteiger partial charge in [0, 0.05) is 37.5 Å². The number of aromatic nitrogens is 1. The van der Waals surface area contributed by atoms with E-state index in [1.54, 1.807) is 0 Å². The minimum atomic E-state index is -0.300. The van der Waals surface area contributed by atoms with Gasteiger partial charge in [0.1, 0.15) is 0 Å². The van der Waals surface area contributed by atoms with Gasteiger partial charge >= 0.3 is 7.12 Å². The van der Waals surface area contributed by atoms with Crippen LogP contribution in [0.2, 0.25) is 0 Å². The molecule has 1 aromatic rings. The predicted octanol–water partition coefficient (Wildman–Crippen LogP) is 1.15. The molecule has 0 radical (unpaired) electrons. The number of rotatable bonds is 3. The Bertz CT molecular complexity index is 479. The molecule has 5 nitrogen and oxygen atoms in total. The zero-order valence-corrected chi connectivity index (χ0v) is 13.4. The van der Waals surface area contributed by atoms with Gasteiger partial charge < -0.3 is 19.0 Å². The predicted molar refractivity (Wildman–Crippen MR) is 82.6 cm³/mol. The zero-order valence-electron chi connectivity index (χ0n) is 13.4. The van der Waals surface area contributed by atoms with Crippen LogP contribution < -0.4 is 5.46 Å². The number of nitrogens with zero attached hydrogens (tertiary/aromatic N) is 1. The Morgan fingerprint density at radius 1 is 1.10 bits per heavy atom. The molecule has 2 aliphatic heterocycles. The summed E-state index contributed by atoms with van der Waals surface area (Å²) < 4.78 is 17.7. The van der Waals surface area contributed by atoms with E-state index in [1.807, 2.05) is 6.20 Å². The quantitative estimate of drug-likeness (QED) is 0.849. The van der Waals surface area contributed by atoms with Crippen LogP contribution in [0, 0.1) is 0 Å². The summed E-state index contributed by atoms with van der Waals surface area (Å²) in [5.74, 6) is 0. The van der Waals surface area contributed by atoms with Crippen LogP contribution in [0.4, 0.5) is 0 Å². The van der Waals surface area contributed by atoms with Crippen molar-refractivity contribution < 1.29 is 14.0 Å². The molecule has 116 valence electrons. The van der Waals surface area contributed by atoms with E-state index in [-0.39, 0.29) is 18.3 Å². The van der Waals surface area contributed by atoms with Crippen LogP contribution in [0.3, 0.4) is 0 Å². The molecule has 1 N–H and O–H groups in total. The molecule has 2 saturated heterocycles. The van der Waals surface area contributed by atoms with Crippen LogP contribution in [0.25, 0.3) is 0 Å². The highest BCUT2D eigenvalue weighted by atomic mass is 16.7. The summed E-state index contributed by atoms with van der Waals surface area (Å²) in [4.78, 5) is 5.61. The first-order valence-corrected chi connectivity index (χ1v) is 7.70. The number of nitrogens with one attached hydrogen (secondary N) is 1. The molecular formula is C15H25BN2O3. The van der Waals surface area contributed by atoms with Crippen LogP contribution in [-0.4, -0.2) is 54.5 Å². The molecule has 0 amide bonds. The van der Waals surface area contributed by atoms with E-state index in [4.69, 9.17) is 14.0 Å². The average Bonchev–Trinajstić information content (AvgIpc) is 2.94. The molecular weight excluding hydrogens is 267 g/mol. The molecule has 2 aliphatic rings. The number of aromatic amines is 1. The molecule has 1 aromatic heterocycles.